The number of amides is 2. The number of ketones is 1. The Hall–Kier alpha value is -2.68. The monoisotopic (exact) mass is 415 g/mol. The van der Waals surface area contributed by atoms with Crippen molar-refractivity contribution in [1.29, 1.82) is 0 Å². The lowest BCUT2D eigenvalue weighted by molar-refractivity contribution is -0.119. The average Bonchev–Trinajstić information content (AvgIpc) is 3.45. The first-order valence-corrected chi connectivity index (χ1v) is 10.6. The number of aromatic nitrogens is 3. The Balaban J connectivity index is 1.57. The smallest absolute Gasteiger partial charge is 0.219 e. The topological polar surface area (TPSA) is 120 Å². The minimum atomic E-state index is -0.369. The van der Waals surface area contributed by atoms with E-state index in [2.05, 4.69) is 15.5 Å². The third-order valence-electron chi connectivity index (χ3n) is 4.67. The van der Waals surface area contributed by atoms with Gasteiger partial charge in [-0.25, -0.2) is 0 Å². The van der Waals surface area contributed by atoms with Crippen LogP contribution >= 0.6 is 11.8 Å². The number of nitrogens with two attached hydrogens (primary N) is 1. The van der Waals surface area contributed by atoms with Gasteiger partial charge >= 0.3 is 0 Å². The third kappa shape index (κ3) is 6.15. The van der Waals surface area contributed by atoms with Crippen LogP contribution in [0.25, 0.3) is 0 Å². The molecule has 0 saturated heterocycles. The maximum absolute atomic E-state index is 12.6. The van der Waals surface area contributed by atoms with Gasteiger partial charge in [-0.15, -0.1) is 10.2 Å². The summed E-state index contributed by atoms with van der Waals surface area (Å²) in [5.74, 6) is 1.09. The summed E-state index contributed by atoms with van der Waals surface area (Å²) in [6, 6.07) is 7.42. The van der Waals surface area contributed by atoms with Gasteiger partial charge in [0.2, 0.25) is 11.8 Å². The van der Waals surface area contributed by atoms with Crippen molar-refractivity contribution in [3.8, 4) is 0 Å². The predicted molar refractivity (Wildman–Crippen MR) is 110 cm³/mol. The number of nitrogens with one attached hydrogen (secondary N) is 1. The van der Waals surface area contributed by atoms with E-state index in [0.29, 0.717) is 29.7 Å². The normalized spacial score (nSPS) is 13.3. The Morgan fingerprint density at radius 1 is 1.21 bits per heavy atom. The van der Waals surface area contributed by atoms with Gasteiger partial charge in [0.1, 0.15) is 5.82 Å². The van der Waals surface area contributed by atoms with Gasteiger partial charge in [0.15, 0.2) is 10.9 Å². The first kappa shape index (κ1) is 21.0. The van der Waals surface area contributed by atoms with E-state index in [4.69, 9.17) is 5.73 Å². The Bertz CT molecular complexity index is 890. The molecule has 1 fully saturated rings. The molecule has 29 heavy (non-hydrogen) atoms. The summed E-state index contributed by atoms with van der Waals surface area (Å²) in [5.41, 5.74) is 6.97. The molecule has 8 nitrogen and oxygen atoms in total. The van der Waals surface area contributed by atoms with Crippen molar-refractivity contribution >= 4 is 29.4 Å². The first-order valence-electron chi connectivity index (χ1n) is 9.65. The van der Waals surface area contributed by atoms with Crippen molar-refractivity contribution in [1.82, 2.24) is 20.1 Å². The first-order chi connectivity index (χ1) is 13.9. The van der Waals surface area contributed by atoms with E-state index in [-0.39, 0.29) is 29.8 Å². The Labute approximate surface area is 173 Å². The van der Waals surface area contributed by atoms with Gasteiger partial charge in [-0.2, -0.15) is 0 Å². The standard InChI is InChI=1S/C20H25N5O3S/c1-13(26)22-10-8-14-2-4-15(5-3-14)17(27)12-29-20-24-23-19(16-6-7-16)25(20)11-9-18(21)28/h2-5,16H,6-12H2,1H3,(H2,21,28)(H,22,26). The fourth-order valence-corrected chi connectivity index (χ4v) is 3.80. The van der Waals surface area contributed by atoms with Crippen LogP contribution in [0, 0.1) is 0 Å². The van der Waals surface area contributed by atoms with Crippen molar-refractivity contribution in [2.75, 3.05) is 12.3 Å². The quantitative estimate of drug-likeness (QED) is 0.426. The molecule has 0 unspecified atom stereocenters. The Morgan fingerprint density at radius 3 is 2.55 bits per heavy atom. The molecule has 1 aromatic carbocycles. The molecule has 0 radical (unpaired) electrons. The molecule has 2 amide bonds. The maximum atomic E-state index is 12.6. The zero-order chi connectivity index (χ0) is 20.8. The second-order valence-corrected chi connectivity index (χ2v) is 8.07. The van der Waals surface area contributed by atoms with Crippen molar-refractivity contribution in [2.45, 2.75) is 50.2 Å². The maximum Gasteiger partial charge on any atom is 0.219 e. The molecule has 3 rings (SSSR count). The van der Waals surface area contributed by atoms with Gasteiger partial charge < -0.3 is 15.6 Å². The molecule has 0 aliphatic heterocycles. The van der Waals surface area contributed by atoms with Gasteiger partial charge in [-0.1, -0.05) is 36.0 Å². The molecule has 154 valence electrons. The van der Waals surface area contributed by atoms with E-state index in [1.54, 1.807) is 12.1 Å². The molecule has 0 spiro atoms. The zero-order valence-corrected chi connectivity index (χ0v) is 17.2. The highest BCUT2D eigenvalue weighted by Crippen LogP contribution is 2.40. The van der Waals surface area contributed by atoms with Gasteiger partial charge in [-0.05, 0) is 24.8 Å². The molecule has 1 saturated carbocycles. The second kappa shape index (κ2) is 9.69. The largest absolute Gasteiger partial charge is 0.370 e. The number of primary amides is 1. The third-order valence-corrected chi connectivity index (χ3v) is 5.63. The zero-order valence-electron chi connectivity index (χ0n) is 16.4. The number of thioether (sulfide) groups is 1. The van der Waals surface area contributed by atoms with Crippen molar-refractivity contribution in [2.24, 2.45) is 5.73 Å². The van der Waals surface area contributed by atoms with Crippen molar-refractivity contribution < 1.29 is 14.4 Å². The van der Waals surface area contributed by atoms with Crippen LogP contribution in [0.3, 0.4) is 0 Å². The molecule has 2 aromatic rings. The van der Waals surface area contributed by atoms with Crippen LogP contribution in [0.1, 0.15) is 53.8 Å². The highest BCUT2D eigenvalue weighted by Gasteiger charge is 2.30. The molecule has 9 heteroatoms. The van der Waals surface area contributed by atoms with E-state index in [9.17, 15) is 14.4 Å². The predicted octanol–water partition coefficient (Wildman–Crippen LogP) is 1.68. The number of Topliss-reactive ketones (excluding diaryl/α,β-unsaturated/α-hetero) is 1. The lowest BCUT2D eigenvalue weighted by Gasteiger charge is -2.08. The number of benzene rings is 1. The molecule has 1 aromatic heterocycles. The minimum Gasteiger partial charge on any atom is -0.370 e. The van der Waals surface area contributed by atoms with E-state index >= 15 is 0 Å². The van der Waals surface area contributed by atoms with Gasteiger partial charge in [-0.3, -0.25) is 14.4 Å². The fourth-order valence-electron chi connectivity index (χ4n) is 2.94. The van der Waals surface area contributed by atoms with E-state index in [0.717, 1.165) is 30.7 Å². The summed E-state index contributed by atoms with van der Waals surface area (Å²) < 4.78 is 1.92. The highest BCUT2D eigenvalue weighted by atomic mass is 32.2. The SMILES string of the molecule is CC(=O)NCCc1ccc(C(=O)CSc2nnc(C3CC3)n2CCC(N)=O)cc1. The molecular weight excluding hydrogens is 390 g/mol. The number of hydrogen-bond acceptors (Lipinski definition) is 6. The van der Waals surface area contributed by atoms with Gasteiger partial charge in [0.25, 0.3) is 0 Å². The Kier molecular flexibility index (Phi) is 7.03. The van der Waals surface area contributed by atoms with Crippen LogP contribution < -0.4 is 11.1 Å². The second-order valence-electron chi connectivity index (χ2n) is 7.12. The lowest BCUT2D eigenvalue weighted by atomic mass is 10.1. The number of rotatable bonds is 11. The van der Waals surface area contributed by atoms with E-state index in [1.807, 2.05) is 16.7 Å². The summed E-state index contributed by atoms with van der Waals surface area (Å²) in [4.78, 5) is 34.6. The summed E-state index contributed by atoms with van der Waals surface area (Å²) in [6.45, 7) is 2.50. The number of carbonyl (C=O) groups excluding carboxylic acids is 3. The van der Waals surface area contributed by atoms with Crippen LogP contribution in [0.2, 0.25) is 0 Å². The average molecular weight is 416 g/mol. The van der Waals surface area contributed by atoms with Crippen molar-refractivity contribution in [3.05, 3.63) is 41.2 Å². The van der Waals surface area contributed by atoms with Crippen LogP contribution in [0.5, 0.6) is 0 Å². The number of nitrogens with zero attached hydrogens (tertiary/aromatic N) is 3. The van der Waals surface area contributed by atoms with Crippen LogP contribution in [-0.2, 0) is 22.6 Å². The summed E-state index contributed by atoms with van der Waals surface area (Å²) in [5, 5.41) is 11.9. The van der Waals surface area contributed by atoms with Crippen LogP contribution in [0.15, 0.2) is 29.4 Å². The number of hydrogen-bond donors (Lipinski definition) is 2. The summed E-state index contributed by atoms with van der Waals surface area (Å²) in [7, 11) is 0. The van der Waals surface area contributed by atoms with Gasteiger partial charge in [0.05, 0.1) is 5.75 Å². The van der Waals surface area contributed by atoms with Crippen molar-refractivity contribution in [3.63, 3.8) is 0 Å². The molecule has 3 N–H and O–H groups in total. The minimum absolute atomic E-state index is 0.000772. The van der Waals surface area contributed by atoms with E-state index < -0.39 is 0 Å². The number of carbonyl (C=O) groups is 3. The fraction of sp³-hybridized carbons (Fsp3) is 0.450. The van der Waals surface area contributed by atoms with Crippen LogP contribution in [0.4, 0.5) is 0 Å². The summed E-state index contributed by atoms with van der Waals surface area (Å²) in [6.07, 6.45) is 3.09. The molecule has 1 heterocycles. The van der Waals surface area contributed by atoms with Crippen LogP contribution in [-0.4, -0.2) is 44.7 Å². The molecule has 1 aliphatic rings. The lowest BCUT2D eigenvalue weighted by Crippen LogP contribution is -2.22. The molecule has 0 bridgehead atoms. The Morgan fingerprint density at radius 2 is 1.93 bits per heavy atom. The molecular formula is C20H25N5O3S. The van der Waals surface area contributed by atoms with E-state index in [1.165, 1.54) is 18.7 Å². The summed E-state index contributed by atoms with van der Waals surface area (Å²) >= 11 is 1.33. The molecule has 1 aliphatic carbocycles. The highest BCUT2D eigenvalue weighted by molar-refractivity contribution is 7.99. The molecule has 0 atom stereocenters. The van der Waals surface area contributed by atoms with Gasteiger partial charge in [0, 0.05) is 37.9 Å².